The number of aliphatic hydroxyl groups is 12. The summed E-state index contributed by atoms with van der Waals surface area (Å²) in [7, 11) is 0. The van der Waals surface area contributed by atoms with Gasteiger partial charge < -0.3 is 104 Å². The molecule has 3 aliphatic rings. The molecule has 15 atom stereocenters. The maximum atomic E-state index is 12.9. The molecule has 27 heteroatoms. The Labute approximate surface area is 401 Å². The molecule has 0 spiro atoms. The summed E-state index contributed by atoms with van der Waals surface area (Å²) in [4.78, 5) is 75.8. The van der Waals surface area contributed by atoms with Crippen LogP contribution in [0.4, 0.5) is 0 Å². The monoisotopic (exact) mass is 1010 g/mol. The highest BCUT2D eigenvalue weighted by Gasteiger charge is 2.48. The normalized spacial score (nSPS) is 30.7. The van der Waals surface area contributed by atoms with E-state index in [1.54, 1.807) is 0 Å². The zero-order valence-electron chi connectivity index (χ0n) is 37.2. The van der Waals surface area contributed by atoms with E-state index in [1.165, 1.54) is 48.6 Å². The Morgan fingerprint density at radius 3 is 1.01 bits per heavy atom. The van der Waals surface area contributed by atoms with Gasteiger partial charge in [-0.3, -0.25) is 28.8 Å². The lowest BCUT2D eigenvalue weighted by molar-refractivity contribution is -0.290. The van der Waals surface area contributed by atoms with Crippen molar-refractivity contribution >= 4 is 48.0 Å². The van der Waals surface area contributed by atoms with E-state index in [-0.39, 0.29) is 22.8 Å². The van der Waals surface area contributed by atoms with Crippen molar-refractivity contribution in [3.63, 3.8) is 0 Å². The molecule has 5 rings (SSSR count). The van der Waals surface area contributed by atoms with E-state index < -0.39 is 186 Å². The topological polar surface area (TPSA) is 428 Å². The van der Waals surface area contributed by atoms with Crippen LogP contribution in [0.5, 0.6) is 17.2 Å². The molecular formula is C44H54O27. The van der Waals surface area contributed by atoms with Crippen molar-refractivity contribution in [2.75, 3.05) is 19.8 Å². The molecule has 12 N–H and O–H groups in total. The molecule has 0 aromatic heterocycles. The Morgan fingerprint density at radius 2 is 0.690 bits per heavy atom. The fraction of sp³-hybridized carbons (Fsp3) is 0.545. The van der Waals surface area contributed by atoms with Crippen LogP contribution < -0.4 is 14.2 Å². The van der Waals surface area contributed by atoms with E-state index in [1.807, 2.05) is 0 Å². The molecule has 0 amide bonds. The fourth-order valence-electron chi connectivity index (χ4n) is 7.06. The molecule has 2 aromatic carbocycles. The van der Waals surface area contributed by atoms with Gasteiger partial charge in [-0.2, -0.15) is 0 Å². The summed E-state index contributed by atoms with van der Waals surface area (Å²) in [5.74, 6) is -6.56. The Morgan fingerprint density at radius 1 is 0.394 bits per heavy atom. The van der Waals surface area contributed by atoms with Crippen molar-refractivity contribution in [1.29, 1.82) is 0 Å². The zero-order valence-corrected chi connectivity index (χ0v) is 37.2. The number of hydrogen-bond acceptors (Lipinski definition) is 27. The van der Waals surface area contributed by atoms with Crippen molar-refractivity contribution in [3.05, 3.63) is 53.6 Å². The lowest BCUT2D eigenvalue weighted by Gasteiger charge is -2.39. The number of carbonyl (C=O) groups is 6. The Hall–Kier alpha value is -5.60. The van der Waals surface area contributed by atoms with E-state index >= 15 is 0 Å². The minimum absolute atomic E-state index is 0.0553. The first kappa shape index (κ1) is 56.3. The van der Waals surface area contributed by atoms with Crippen LogP contribution in [-0.2, 0) is 57.2 Å². The van der Waals surface area contributed by atoms with Crippen LogP contribution in [-0.4, -0.2) is 209 Å². The Kier molecular flexibility index (Phi) is 20.8. The second-order valence-electron chi connectivity index (χ2n) is 16.1. The predicted octanol–water partition coefficient (Wildman–Crippen LogP) is -5.06. The lowest BCUT2D eigenvalue weighted by Crippen LogP contribution is -2.59. The highest BCUT2D eigenvalue weighted by Crippen LogP contribution is 2.29. The summed E-state index contributed by atoms with van der Waals surface area (Å²) in [6.07, 6.45) is -26.3. The van der Waals surface area contributed by atoms with E-state index in [4.69, 9.17) is 42.6 Å². The van der Waals surface area contributed by atoms with Crippen LogP contribution in [0.2, 0.25) is 0 Å². The molecular weight excluding hydrogens is 960 g/mol. The second-order valence-corrected chi connectivity index (χ2v) is 16.1. The Balaban J connectivity index is 1.20. The first-order valence-corrected chi connectivity index (χ1v) is 21.8. The van der Waals surface area contributed by atoms with Crippen LogP contribution >= 0.6 is 0 Å². The number of esters is 6. The minimum Gasteiger partial charge on any atom is -0.456 e. The first-order valence-electron chi connectivity index (χ1n) is 21.8. The Bertz CT molecular complexity index is 2080. The maximum absolute atomic E-state index is 12.9. The smallest absolute Gasteiger partial charge is 0.311 e. The number of hydrogen-bond donors (Lipinski definition) is 12. The molecule has 3 saturated heterocycles. The summed E-state index contributed by atoms with van der Waals surface area (Å²) in [6.45, 7) is -2.32. The van der Waals surface area contributed by atoms with Crippen molar-refractivity contribution in [3.8, 4) is 17.2 Å². The molecule has 3 aliphatic heterocycles. The maximum Gasteiger partial charge on any atom is 0.311 e. The van der Waals surface area contributed by atoms with Crippen LogP contribution in [0, 0.1) is 0 Å². The summed E-state index contributed by atoms with van der Waals surface area (Å²) < 4.78 is 45.7. The van der Waals surface area contributed by atoms with E-state index in [2.05, 4.69) is 0 Å². The molecule has 27 nitrogen and oxygen atoms in total. The molecule has 3 fully saturated rings. The highest BCUT2D eigenvalue weighted by molar-refractivity contribution is 5.82. The van der Waals surface area contributed by atoms with Crippen LogP contribution in [0.25, 0.3) is 12.2 Å². The summed E-state index contributed by atoms with van der Waals surface area (Å²) in [6, 6.07) is 9.58. The van der Waals surface area contributed by atoms with Crippen LogP contribution in [0.3, 0.4) is 0 Å². The first-order chi connectivity index (χ1) is 33.7. The van der Waals surface area contributed by atoms with Gasteiger partial charge in [0.15, 0.2) is 37.2 Å². The van der Waals surface area contributed by atoms with Gasteiger partial charge in [0.2, 0.25) is 0 Å². The van der Waals surface area contributed by atoms with Gasteiger partial charge in [0, 0.05) is 6.07 Å². The number of carbonyl (C=O) groups excluding carboxylic acids is 6. The molecule has 392 valence electrons. The third-order valence-corrected chi connectivity index (χ3v) is 10.9. The number of rotatable bonds is 20. The summed E-state index contributed by atoms with van der Waals surface area (Å²) >= 11 is 0. The van der Waals surface area contributed by atoms with Gasteiger partial charge in [-0.25, -0.2) is 0 Å². The molecule has 0 aliphatic carbocycles. The van der Waals surface area contributed by atoms with Gasteiger partial charge in [0.25, 0.3) is 0 Å². The number of benzene rings is 2. The molecule has 2 aromatic rings. The van der Waals surface area contributed by atoms with Crippen molar-refractivity contribution < 1.29 is 133 Å². The second kappa shape index (κ2) is 26.2. The largest absolute Gasteiger partial charge is 0.456 e. The van der Waals surface area contributed by atoms with E-state index in [0.29, 0.717) is 5.56 Å². The van der Waals surface area contributed by atoms with Gasteiger partial charge >= 0.3 is 35.8 Å². The molecule has 0 bridgehead atoms. The van der Waals surface area contributed by atoms with Gasteiger partial charge in [-0.15, -0.1) is 0 Å². The molecule has 0 radical (unpaired) electrons. The summed E-state index contributed by atoms with van der Waals surface area (Å²) in [5.41, 5.74) is 0.735. The molecule has 0 saturated carbocycles. The average molecular weight is 1010 g/mol. The third-order valence-electron chi connectivity index (χ3n) is 10.9. The van der Waals surface area contributed by atoms with Gasteiger partial charge in [-0.05, 0) is 35.4 Å². The number of aliphatic hydroxyl groups excluding tert-OH is 12. The van der Waals surface area contributed by atoms with Gasteiger partial charge in [0.05, 0.1) is 58.3 Å². The molecule has 3 heterocycles. The highest BCUT2D eigenvalue weighted by atomic mass is 16.7. The van der Waals surface area contributed by atoms with Gasteiger partial charge in [-0.1, -0.05) is 24.3 Å². The summed E-state index contributed by atoms with van der Waals surface area (Å²) in [5, 5.41) is 119. The zero-order chi connectivity index (χ0) is 52.1. The lowest BCUT2D eigenvalue weighted by atomic mass is 9.99. The minimum atomic E-state index is -1.91. The van der Waals surface area contributed by atoms with Crippen LogP contribution in [0.15, 0.2) is 42.5 Å². The standard InChI is InChI=1S/C44H54O27/c45-16-24-33(54)39(36(57)42(60)66-24)69-30(51)10-7-27(48)63-21-5-3-19(4-6-21)1-2-20-13-22(64-28(49)8-11-31(52)70-40-34(55)25(17-46)67-43(61)37(40)58)15-23(14-20)65-29(50)9-12-32(53)71-41-35(56)26(18-47)68-44(62)38(41)59/h1-6,13-15,24-26,33-47,54-62H,7-12,16-18H2/b2-1+/t24-,25-,26-,33-,34-,35-,36-,37-,38-,39+,40+,41+,42+,43+,44+/m1/s1. The van der Waals surface area contributed by atoms with Crippen molar-refractivity contribution in [2.24, 2.45) is 0 Å². The predicted molar refractivity (Wildman–Crippen MR) is 226 cm³/mol. The molecule has 0 unspecified atom stereocenters. The average Bonchev–Trinajstić information content (AvgIpc) is 3.34. The van der Waals surface area contributed by atoms with E-state index in [9.17, 15) is 90.0 Å². The van der Waals surface area contributed by atoms with Crippen molar-refractivity contribution in [2.45, 2.75) is 131 Å². The molecule has 71 heavy (non-hydrogen) atoms. The SMILES string of the molecule is O=C(CCC(=O)O[C@@H]1[C@@H](O)[C@@H](O)O[C@H](CO)[C@H]1O)Oc1ccc(/C=C/c2cc(OC(=O)CCC(=O)O[C@@H]3[C@@H](O)[C@@H](O)O[C@H](CO)[C@H]3O)cc(OC(=O)CCC(=O)O[C@@H]3[C@@H](O)[C@@H](O)O[C@H](CO)[C@H]3O)c2)cc1. The quantitative estimate of drug-likeness (QED) is 0.0256. The number of ether oxygens (including phenoxy) is 9. The van der Waals surface area contributed by atoms with E-state index in [0.717, 1.165) is 6.07 Å². The fourth-order valence-corrected chi connectivity index (χ4v) is 7.06. The van der Waals surface area contributed by atoms with Crippen LogP contribution in [0.1, 0.15) is 49.7 Å². The van der Waals surface area contributed by atoms with Gasteiger partial charge in [0.1, 0.15) is 72.2 Å². The van der Waals surface area contributed by atoms with Crippen molar-refractivity contribution in [1.82, 2.24) is 0 Å². The third kappa shape index (κ3) is 15.7.